The van der Waals surface area contributed by atoms with Crippen molar-refractivity contribution in [1.29, 1.82) is 5.26 Å². The van der Waals surface area contributed by atoms with Crippen molar-refractivity contribution in [1.82, 2.24) is 14.6 Å². The van der Waals surface area contributed by atoms with Crippen LogP contribution in [0.2, 0.25) is 0 Å². The molecule has 0 fully saturated rings. The number of fused-ring (bicyclic) bond motifs is 1. The van der Waals surface area contributed by atoms with Gasteiger partial charge in [0.2, 0.25) is 10.0 Å². The lowest BCUT2D eigenvalue weighted by Crippen LogP contribution is -2.47. The van der Waals surface area contributed by atoms with Crippen molar-refractivity contribution in [3.05, 3.63) is 35.4 Å². The van der Waals surface area contributed by atoms with Crippen molar-refractivity contribution in [3.63, 3.8) is 0 Å². The van der Waals surface area contributed by atoms with Gasteiger partial charge in [-0.1, -0.05) is 19.9 Å². The van der Waals surface area contributed by atoms with Gasteiger partial charge in [0.1, 0.15) is 17.3 Å². The van der Waals surface area contributed by atoms with E-state index in [1.807, 2.05) is 0 Å². The maximum absolute atomic E-state index is 13.6. The molecule has 0 bridgehead atoms. The number of nitrogens with one attached hydrogen (secondary N) is 2. The average Bonchev–Trinajstić information content (AvgIpc) is 2.96. The Morgan fingerprint density at radius 1 is 1.50 bits per heavy atom. The Morgan fingerprint density at radius 2 is 2.20 bits per heavy atom. The molecule has 0 saturated carbocycles. The van der Waals surface area contributed by atoms with E-state index in [4.69, 9.17) is 10.00 Å². The number of rotatable bonds is 4. The van der Waals surface area contributed by atoms with Gasteiger partial charge in [-0.3, -0.25) is 4.79 Å². The van der Waals surface area contributed by atoms with E-state index in [2.05, 4.69) is 10.0 Å². The molecule has 1 aliphatic carbocycles. The monoisotopic (exact) mass is 438 g/mol. The molecule has 11 heteroatoms. The van der Waals surface area contributed by atoms with Crippen LogP contribution in [-0.2, 0) is 17.1 Å². The molecule has 1 aromatic heterocycles. The van der Waals surface area contributed by atoms with E-state index in [1.54, 1.807) is 19.9 Å². The van der Waals surface area contributed by atoms with Crippen LogP contribution < -0.4 is 14.8 Å². The topological polar surface area (TPSA) is 133 Å². The fourth-order valence-electron chi connectivity index (χ4n) is 3.39. The van der Waals surface area contributed by atoms with Crippen molar-refractivity contribution >= 4 is 15.9 Å². The quantitative estimate of drug-likeness (QED) is 0.639. The Hall–Kier alpha value is -2.68. The van der Waals surface area contributed by atoms with Crippen molar-refractivity contribution in [3.8, 4) is 11.8 Å². The number of amides is 1. The Morgan fingerprint density at radius 3 is 2.83 bits per heavy atom. The van der Waals surface area contributed by atoms with Gasteiger partial charge in [0.15, 0.2) is 11.4 Å². The zero-order valence-corrected chi connectivity index (χ0v) is 17.5. The Kier molecular flexibility index (Phi) is 6.03. The number of aliphatic hydroxyl groups is 1. The lowest BCUT2D eigenvalue weighted by molar-refractivity contribution is 0.0707. The van der Waals surface area contributed by atoms with Gasteiger partial charge in [-0.25, -0.2) is 17.5 Å². The zero-order chi connectivity index (χ0) is 22.2. The van der Waals surface area contributed by atoms with Crippen LogP contribution in [0.3, 0.4) is 0 Å². The minimum absolute atomic E-state index is 0.0133. The molecule has 2 aliphatic rings. The molecule has 2 heterocycles. The van der Waals surface area contributed by atoms with Crippen LogP contribution in [-0.4, -0.2) is 48.8 Å². The van der Waals surface area contributed by atoms with Gasteiger partial charge >= 0.3 is 0 Å². The zero-order valence-electron chi connectivity index (χ0n) is 16.7. The smallest absolute Gasteiger partial charge is 0.272 e. The number of aryl methyl sites for hydroxylation is 1. The summed E-state index contributed by atoms with van der Waals surface area (Å²) in [5.74, 6) is -1.62. The Labute approximate surface area is 173 Å². The van der Waals surface area contributed by atoms with E-state index in [9.17, 15) is 22.7 Å². The molecule has 0 radical (unpaired) electrons. The van der Waals surface area contributed by atoms with Crippen molar-refractivity contribution in [2.75, 3.05) is 6.61 Å². The molecule has 0 aromatic carbocycles. The van der Waals surface area contributed by atoms with Gasteiger partial charge in [0.05, 0.1) is 29.8 Å². The highest BCUT2D eigenvalue weighted by atomic mass is 32.2. The number of halogens is 1. The summed E-state index contributed by atoms with van der Waals surface area (Å²) in [4.78, 5) is 12.7. The molecule has 3 atom stereocenters. The number of hydrogen-bond acceptors (Lipinski definition) is 6. The summed E-state index contributed by atoms with van der Waals surface area (Å²) >= 11 is 0. The highest BCUT2D eigenvalue weighted by molar-refractivity contribution is 7.89. The SMILES string of the molecule is CC(C)C(O)C1COc2c(cn(C)c2C(=O)NC2C=CC(F)=C(C#N)C2)S(=O)(=O)N1. The second-order valence-corrected chi connectivity index (χ2v) is 9.32. The Bertz CT molecular complexity index is 1070. The van der Waals surface area contributed by atoms with Crippen LogP contribution in [0.25, 0.3) is 0 Å². The van der Waals surface area contributed by atoms with E-state index in [0.717, 1.165) is 6.08 Å². The first-order valence-corrected chi connectivity index (χ1v) is 10.8. The minimum atomic E-state index is -4.04. The summed E-state index contributed by atoms with van der Waals surface area (Å²) in [7, 11) is -2.54. The van der Waals surface area contributed by atoms with Crippen LogP contribution in [0, 0.1) is 17.2 Å². The molecule has 0 spiro atoms. The number of aromatic nitrogens is 1. The van der Waals surface area contributed by atoms with Crippen molar-refractivity contribution in [2.45, 2.75) is 43.4 Å². The van der Waals surface area contributed by atoms with Gasteiger partial charge in [0, 0.05) is 19.7 Å². The third-order valence-corrected chi connectivity index (χ3v) is 6.54. The number of ether oxygens (including phenoxy) is 1. The average molecular weight is 438 g/mol. The summed E-state index contributed by atoms with van der Waals surface area (Å²) in [5.41, 5.74) is -0.112. The molecular weight excluding hydrogens is 415 g/mol. The fraction of sp³-hybridized carbons (Fsp3) is 0.474. The van der Waals surface area contributed by atoms with Gasteiger partial charge in [-0.15, -0.1) is 0 Å². The summed E-state index contributed by atoms with van der Waals surface area (Å²) in [5, 5.41) is 21.9. The second-order valence-electron chi connectivity index (χ2n) is 7.64. The molecule has 1 amide bonds. The standard InChI is InChI=1S/C19H23FN4O5S/c1-10(2)17(25)14-9-29-18-15(30(27,28)23-14)8-24(3)16(18)19(26)22-12-4-5-13(20)11(6-12)7-21/h4-5,8,10,12,14,17,23,25H,6,9H2,1-3H3,(H,22,26). The van der Waals surface area contributed by atoms with Gasteiger partial charge in [-0.2, -0.15) is 5.26 Å². The number of nitrogens with zero attached hydrogens (tertiary/aromatic N) is 2. The van der Waals surface area contributed by atoms with Gasteiger partial charge in [0.25, 0.3) is 5.91 Å². The van der Waals surface area contributed by atoms with E-state index in [0.29, 0.717) is 0 Å². The van der Waals surface area contributed by atoms with Crippen LogP contribution in [0.5, 0.6) is 5.75 Å². The molecule has 3 rings (SSSR count). The molecule has 0 saturated heterocycles. The lowest BCUT2D eigenvalue weighted by atomic mass is 10.0. The third kappa shape index (κ3) is 4.12. The maximum Gasteiger partial charge on any atom is 0.272 e. The molecule has 30 heavy (non-hydrogen) atoms. The van der Waals surface area contributed by atoms with E-state index in [-0.39, 0.29) is 40.9 Å². The van der Waals surface area contributed by atoms with Crippen molar-refractivity contribution < 1.29 is 27.4 Å². The molecule has 9 nitrogen and oxygen atoms in total. The largest absolute Gasteiger partial charge is 0.488 e. The molecular formula is C19H23FN4O5S. The first-order chi connectivity index (χ1) is 14.0. The molecule has 1 aliphatic heterocycles. The molecule has 3 unspecified atom stereocenters. The van der Waals surface area contributed by atoms with Crippen LogP contribution in [0.1, 0.15) is 30.8 Å². The second kappa shape index (κ2) is 8.22. The molecule has 3 N–H and O–H groups in total. The van der Waals surface area contributed by atoms with Crippen LogP contribution >= 0.6 is 0 Å². The minimum Gasteiger partial charge on any atom is -0.488 e. The highest BCUT2D eigenvalue weighted by Gasteiger charge is 2.37. The van der Waals surface area contributed by atoms with Gasteiger partial charge < -0.3 is 19.7 Å². The van der Waals surface area contributed by atoms with Crippen LogP contribution in [0.15, 0.2) is 34.6 Å². The summed E-state index contributed by atoms with van der Waals surface area (Å²) < 4.78 is 48.5. The number of carbonyl (C=O) groups is 1. The normalized spacial score (nSPS) is 23.9. The number of carbonyl (C=O) groups excluding carboxylic acids is 1. The summed E-state index contributed by atoms with van der Waals surface area (Å²) in [6.07, 6.45) is 2.80. The number of nitriles is 1. The van der Waals surface area contributed by atoms with E-state index >= 15 is 0 Å². The first kappa shape index (κ1) is 22.0. The highest BCUT2D eigenvalue weighted by Crippen LogP contribution is 2.33. The summed E-state index contributed by atoms with van der Waals surface area (Å²) in [6.45, 7) is 3.34. The summed E-state index contributed by atoms with van der Waals surface area (Å²) in [6, 6.07) is 0.248. The number of aliphatic hydroxyl groups excluding tert-OH is 1. The predicted molar refractivity (Wildman–Crippen MR) is 105 cm³/mol. The molecule has 162 valence electrons. The first-order valence-electron chi connectivity index (χ1n) is 9.35. The fourth-order valence-corrected chi connectivity index (χ4v) is 4.82. The number of sulfonamides is 1. The third-order valence-electron chi connectivity index (χ3n) is 5.05. The van der Waals surface area contributed by atoms with Crippen LogP contribution in [0.4, 0.5) is 4.39 Å². The van der Waals surface area contributed by atoms with Crippen molar-refractivity contribution in [2.24, 2.45) is 13.0 Å². The molecule has 1 aromatic rings. The number of allylic oxidation sites excluding steroid dienone is 2. The number of hydrogen-bond donors (Lipinski definition) is 3. The van der Waals surface area contributed by atoms with E-state index < -0.39 is 39.9 Å². The van der Waals surface area contributed by atoms with Gasteiger partial charge in [-0.05, 0) is 12.0 Å². The lowest BCUT2D eigenvalue weighted by Gasteiger charge is -2.24. The van der Waals surface area contributed by atoms with E-state index in [1.165, 1.54) is 23.9 Å². The maximum atomic E-state index is 13.6. The predicted octanol–water partition coefficient (Wildman–Crippen LogP) is 0.887. The Balaban J connectivity index is 1.88.